The Labute approximate surface area is 119 Å². The van der Waals surface area contributed by atoms with Crippen LogP contribution in [-0.4, -0.2) is 29.2 Å². The normalized spacial score (nSPS) is 11.2. The summed E-state index contributed by atoms with van der Waals surface area (Å²) in [4.78, 5) is 14.0. The molecule has 0 amide bonds. The van der Waals surface area contributed by atoms with E-state index in [1.54, 1.807) is 0 Å². The monoisotopic (exact) mass is 307 g/mol. The number of nitrogens with one attached hydrogen (secondary N) is 1. The van der Waals surface area contributed by atoms with Gasteiger partial charge in [0.2, 0.25) is 0 Å². The Morgan fingerprint density at radius 2 is 2.14 bits per heavy atom. The van der Waals surface area contributed by atoms with E-state index in [9.17, 15) is 23.3 Å². The van der Waals surface area contributed by atoms with Crippen LogP contribution in [-0.2, 0) is 0 Å². The Kier molecular flexibility index (Phi) is 6.19. The number of alkyl halides is 3. The fourth-order valence-corrected chi connectivity index (χ4v) is 1.47. The molecule has 1 aromatic heterocycles. The van der Waals surface area contributed by atoms with Crippen molar-refractivity contribution in [2.45, 2.75) is 32.4 Å². The lowest BCUT2D eigenvalue weighted by atomic mass is 10.3. The van der Waals surface area contributed by atoms with Crippen molar-refractivity contribution >= 4 is 11.5 Å². The number of ether oxygens (including phenoxy) is 1. The number of hydrogen-bond donors (Lipinski definition) is 1. The third-order valence-corrected chi connectivity index (χ3v) is 2.44. The smallest absolute Gasteiger partial charge is 0.389 e. The molecule has 0 aliphatic carbocycles. The van der Waals surface area contributed by atoms with Crippen molar-refractivity contribution in [1.82, 2.24) is 4.98 Å². The summed E-state index contributed by atoms with van der Waals surface area (Å²) >= 11 is 0. The van der Waals surface area contributed by atoms with Crippen LogP contribution in [0.2, 0.25) is 0 Å². The molecule has 6 nitrogen and oxygen atoms in total. The van der Waals surface area contributed by atoms with Crippen molar-refractivity contribution in [3.8, 4) is 5.88 Å². The van der Waals surface area contributed by atoms with Crippen molar-refractivity contribution in [1.29, 1.82) is 0 Å². The lowest BCUT2D eigenvalue weighted by Gasteiger charge is -2.09. The second kappa shape index (κ2) is 7.65. The first-order chi connectivity index (χ1) is 9.83. The summed E-state index contributed by atoms with van der Waals surface area (Å²) in [6, 6.07) is 2.64. The van der Waals surface area contributed by atoms with E-state index in [-0.39, 0.29) is 24.6 Å². The highest BCUT2D eigenvalue weighted by Gasteiger charge is 2.26. The minimum absolute atomic E-state index is 0.275. The number of nitrogens with zero attached hydrogens (tertiary/aromatic N) is 2. The minimum Gasteiger partial charge on any atom is -0.473 e. The first kappa shape index (κ1) is 17.0. The van der Waals surface area contributed by atoms with Gasteiger partial charge in [0.15, 0.2) is 0 Å². The number of pyridine rings is 1. The van der Waals surface area contributed by atoms with Gasteiger partial charge in [-0.05, 0) is 18.9 Å². The van der Waals surface area contributed by atoms with Gasteiger partial charge < -0.3 is 10.1 Å². The molecule has 1 aromatic rings. The molecule has 9 heteroatoms. The van der Waals surface area contributed by atoms with Crippen LogP contribution in [0.1, 0.15) is 26.2 Å². The van der Waals surface area contributed by atoms with E-state index in [4.69, 9.17) is 4.74 Å². The van der Waals surface area contributed by atoms with Crippen LogP contribution in [0.4, 0.5) is 24.7 Å². The summed E-state index contributed by atoms with van der Waals surface area (Å²) in [7, 11) is 0. The van der Waals surface area contributed by atoms with Crippen LogP contribution in [0.25, 0.3) is 0 Å². The van der Waals surface area contributed by atoms with Gasteiger partial charge in [-0.25, -0.2) is 0 Å². The predicted molar refractivity (Wildman–Crippen MR) is 70.5 cm³/mol. The van der Waals surface area contributed by atoms with Gasteiger partial charge in [-0.2, -0.15) is 18.2 Å². The summed E-state index contributed by atoms with van der Waals surface area (Å²) in [5, 5.41) is 13.7. The number of nitro groups is 1. The predicted octanol–water partition coefficient (Wildman–Crippen LogP) is 3.53. The van der Waals surface area contributed by atoms with E-state index in [0.29, 0.717) is 12.4 Å². The number of hydrogen-bond acceptors (Lipinski definition) is 5. The average Bonchev–Trinajstić information content (AvgIpc) is 2.40. The summed E-state index contributed by atoms with van der Waals surface area (Å²) in [6.07, 6.45) is -4.72. The molecule has 1 heterocycles. The van der Waals surface area contributed by atoms with Crippen LogP contribution < -0.4 is 10.1 Å². The van der Waals surface area contributed by atoms with Crippen LogP contribution in [0.5, 0.6) is 5.88 Å². The Bertz CT molecular complexity index is 481. The zero-order chi connectivity index (χ0) is 15.9. The lowest BCUT2D eigenvalue weighted by Crippen LogP contribution is -2.11. The maximum Gasteiger partial charge on any atom is 0.389 e. The molecular weight excluding hydrogens is 291 g/mol. The molecule has 0 aliphatic rings. The number of aromatic nitrogens is 1. The Balaban J connectivity index is 2.69. The SMILES string of the molecule is CCCNc1ccc([N+](=O)[O-])c(OCCCC(F)(F)F)n1. The highest BCUT2D eigenvalue weighted by molar-refractivity contribution is 5.49. The highest BCUT2D eigenvalue weighted by atomic mass is 19.4. The zero-order valence-corrected chi connectivity index (χ0v) is 11.4. The standard InChI is InChI=1S/C12H16F3N3O3/c1-2-7-16-10-5-4-9(18(19)20)11(17-10)21-8-3-6-12(13,14)15/h4-5H,2-3,6-8H2,1H3,(H,16,17). The summed E-state index contributed by atoms with van der Waals surface area (Å²) in [6.45, 7) is 2.27. The van der Waals surface area contributed by atoms with Gasteiger partial charge in [0.25, 0.3) is 5.88 Å². The van der Waals surface area contributed by atoms with Gasteiger partial charge in [0, 0.05) is 19.0 Å². The maximum absolute atomic E-state index is 12.0. The molecule has 0 saturated heterocycles. The molecule has 0 aromatic carbocycles. The lowest BCUT2D eigenvalue weighted by molar-refractivity contribution is -0.386. The molecule has 0 spiro atoms. The molecular formula is C12H16F3N3O3. The van der Waals surface area contributed by atoms with E-state index < -0.39 is 17.5 Å². The molecule has 0 bridgehead atoms. The molecule has 0 unspecified atom stereocenters. The van der Waals surface area contributed by atoms with Crippen LogP contribution in [0.15, 0.2) is 12.1 Å². The molecule has 0 radical (unpaired) electrons. The van der Waals surface area contributed by atoms with E-state index in [1.165, 1.54) is 12.1 Å². The molecule has 1 rings (SSSR count). The summed E-state index contributed by atoms with van der Waals surface area (Å²) in [5.41, 5.74) is -0.371. The molecule has 0 fully saturated rings. The van der Waals surface area contributed by atoms with Crippen molar-refractivity contribution in [2.75, 3.05) is 18.5 Å². The number of rotatable bonds is 8. The molecule has 0 aliphatic heterocycles. The number of halogens is 3. The van der Waals surface area contributed by atoms with Gasteiger partial charge >= 0.3 is 11.9 Å². The van der Waals surface area contributed by atoms with Crippen molar-refractivity contribution in [3.05, 3.63) is 22.2 Å². The van der Waals surface area contributed by atoms with Gasteiger partial charge in [0.1, 0.15) is 5.82 Å². The molecule has 118 valence electrons. The van der Waals surface area contributed by atoms with Crippen molar-refractivity contribution in [2.24, 2.45) is 0 Å². The fraction of sp³-hybridized carbons (Fsp3) is 0.583. The van der Waals surface area contributed by atoms with E-state index in [0.717, 1.165) is 6.42 Å². The minimum atomic E-state index is -4.27. The number of anilines is 1. The quantitative estimate of drug-likeness (QED) is 0.451. The largest absolute Gasteiger partial charge is 0.473 e. The Morgan fingerprint density at radius 1 is 1.43 bits per heavy atom. The maximum atomic E-state index is 12.0. The van der Waals surface area contributed by atoms with Crippen molar-refractivity contribution in [3.63, 3.8) is 0 Å². The van der Waals surface area contributed by atoms with Crippen molar-refractivity contribution < 1.29 is 22.8 Å². The summed E-state index contributed by atoms with van der Waals surface area (Å²) < 4.78 is 41.0. The fourth-order valence-electron chi connectivity index (χ4n) is 1.47. The van der Waals surface area contributed by atoms with Gasteiger partial charge in [-0.15, -0.1) is 0 Å². The van der Waals surface area contributed by atoms with E-state index in [1.807, 2.05) is 6.92 Å². The molecule has 21 heavy (non-hydrogen) atoms. The summed E-state index contributed by atoms with van der Waals surface area (Å²) in [5.74, 6) is 0.108. The average molecular weight is 307 g/mol. The first-order valence-electron chi connectivity index (χ1n) is 6.42. The van der Waals surface area contributed by atoms with E-state index in [2.05, 4.69) is 10.3 Å². The molecule has 0 saturated carbocycles. The second-order valence-electron chi connectivity index (χ2n) is 4.27. The topological polar surface area (TPSA) is 77.3 Å². The van der Waals surface area contributed by atoms with Gasteiger partial charge in [-0.3, -0.25) is 10.1 Å². The Morgan fingerprint density at radius 3 is 2.71 bits per heavy atom. The third-order valence-electron chi connectivity index (χ3n) is 2.44. The van der Waals surface area contributed by atoms with Crippen LogP contribution >= 0.6 is 0 Å². The Hall–Kier alpha value is -2.06. The third kappa shape index (κ3) is 6.28. The second-order valence-corrected chi connectivity index (χ2v) is 4.27. The highest BCUT2D eigenvalue weighted by Crippen LogP contribution is 2.27. The zero-order valence-electron chi connectivity index (χ0n) is 11.4. The molecule has 0 atom stereocenters. The molecule has 1 N–H and O–H groups in total. The first-order valence-corrected chi connectivity index (χ1v) is 6.42. The van der Waals surface area contributed by atoms with Crippen LogP contribution in [0.3, 0.4) is 0 Å². The van der Waals surface area contributed by atoms with Crippen LogP contribution in [0, 0.1) is 10.1 Å². The van der Waals surface area contributed by atoms with E-state index >= 15 is 0 Å². The van der Waals surface area contributed by atoms with Gasteiger partial charge in [-0.1, -0.05) is 6.92 Å². The van der Waals surface area contributed by atoms with Gasteiger partial charge in [0.05, 0.1) is 11.5 Å².